The Labute approximate surface area is 109 Å². The van der Waals surface area contributed by atoms with E-state index in [2.05, 4.69) is 0 Å². The fourth-order valence-corrected chi connectivity index (χ4v) is 2.40. The molecule has 0 saturated heterocycles. The Morgan fingerprint density at radius 3 is 2.56 bits per heavy atom. The average molecular weight is 282 g/mol. The van der Waals surface area contributed by atoms with Crippen molar-refractivity contribution in [2.45, 2.75) is 24.0 Å². The van der Waals surface area contributed by atoms with Crippen LogP contribution in [0.25, 0.3) is 0 Å². The van der Waals surface area contributed by atoms with Gasteiger partial charge >= 0.3 is 0 Å². The molecule has 1 aliphatic rings. The first kappa shape index (κ1) is 12.3. The summed E-state index contributed by atoms with van der Waals surface area (Å²) in [5.41, 5.74) is 0. The van der Waals surface area contributed by atoms with Gasteiger partial charge in [0.15, 0.2) is 0 Å². The maximum absolute atomic E-state index is 5.98. The molecule has 1 aliphatic carbocycles. The normalized spacial score (nSPS) is 28.6. The van der Waals surface area contributed by atoms with Crippen LogP contribution >= 0.6 is 34.8 Å². The van der Waals surface area contributed by atoms with Gasteiger partial charge in [0, 0.05) is 19.6 Å². The van der Waals surface area contributed by atoms with E-state index in [1.807, 2.05) is 0 Å². The smallest absolute Gasteiger partial charge is 0.128 e. The van der Waals surface area contributed by atoms with Crippen LogP contribution in [0.3, 0.4) is 0 Å². The van der Waals surface area contributed by atoms with Crippen LogP contribution in [0.5, 0.6) is 5.75 Å². The molecule has 1 aromatic rings. The summed E-state index contributed by atoms with van der Waals surface area (Å²) in [5, 5.41) is 1.02. The highest BCUT2D eigenvalue weighted by Gasteiger charge is 2.42. The van der Waals surface area contributed by atoms with Gasteiger partial charge in [-0.25, -0.2) is 0 Å². The Balaban J connectivity index is 2.02. The molecule has 1 saturated carbocycles. The zero-order valence-corrected chi connectivity index (χ0v) is 10.9. The number of methoxy groups -OCH3 is 1. The lowest BCUT2D eigenvalue weighted by Crippen LogP contribution is -2.52. The molecule has 3 atom stereocenters. The summed E-state index contributed by atoms with van der Waals surface area (Å²) in [4.78, 5) is 0. The van der Waals surface area contributed by atoms with Crippen molar-refractivity contribution in [2.75, 3.05) is 7.11 Å². The molecule has 88 valence electrons. The lowest BCUT2D eigenvalue weighted by Gasteiger charge is -2.39. The van der Waals surface area contributed by atoms with Crippen molar-refractivity contribution in [2.24, 2.45) is 0 Å². The number of hydrogen-bond acceptors (Lipinski definition) is 2. The number of hydrogen-bond donors (Lipinski definition) is 0. The Hall–Kier alpha value is -0.150. The first-order chi connectivity index (χ1) is 7.61. The van der Waals surface area contributed by atoms with Crippen molar-refractivity contribution >= 4 is 34.8 Å². The summed E-state index contributed by atoms with van der Waals surface area (Å²) < 4.78 is 10.9. The highest BCUT2D eigenvalue weighted by molar-refractivity contribution is 6.42. The lowest BCUT2D eigenvalue weighted by molar-refractivity contribution is -0.0583. The van der Waals surface area contributed by atoms with E-state index < -0.39 is 0 Å². The van der Waals surface area contributed by atoms with Gasteiger partial charge in [-0.15, -0.1) is 11.6 Å². The summed E-state index contributed by atoms with van der Waals surface area (Å²) in [6, 6.07) is 5.18. The van der Waals surface area contributed by atoms with Crippen molar-refractivity contribution in [3.8, 4) is 5.75 Å². The molecule has 0 heterocycles. The molecular weight excluding hydrogens is 270 g/mol. The first-order valence-corrected chi connectivity index (χ1v) is 6.09. The van der Waals surface area contributed by atoms with E-state index in [4.69, 9.17) is 44.3 Å². The van der Waals surface area contributed by atoms with Crippen molar-refractivity contribution in [3.05, 3.63) is 28.2 Å². The number of alkyl halides is 1. The molecule has 2 nitrogen and oxygen atoms in total. The first-order valence-electron chi connectivity index (χ1n) is 4.90. The Morgan fingerprint density at radius 2 is 2.00 bits per heavy atom. The molecule has 2 rings (SSSR count). The molecule has 3 unspecified atom stereocenters. The average Bonchev–Trinajstić information content (AvgIpc) is 2.23. The number of benzene rings is 1. The predicted octanol–water partition coefficient (Wildman–Crippen LogP) is 3.77. The number of ether oxygens (including phenoxy) is 2. The van der Waals surface area contributed by atoms with Crippen molar-refractivity contribution in [3.63, 3.8) is 0 Å². The molecular formula is C11H11Cl3O2. The molecule has 16 heavy (non-hydrogen) atoms. The van der Waals surface area contributed by atoms with Crippen LogP contribution in [-0.2, 0) is 4.74 Å². The van der Waals surface area contributed by atoms with Crippen LogP contribution in [-0.4, -0.2) is 24.7 Å². The van der Waals surface area contributed by atoms with Gasteiger partial charge in [-0.1, -0.05) is 23.2 Å². The van der Waals surface area contributed by atoms with Gasteiger partial charge in [-0.3, -0.25) is 0 Å². The van der Waals surface area contributed by atoms with Crippen LogP contribution in [0.4, 0.5) is 0 Å². The highest BCUT2D eigenvalue weighted by atomic mass is 35.5. The van der Waals surface area contributed by atoms with E-state index in [1.165, 1.54) is 0 Å². The molecule has 0 bridgehead atoms. The minimum Gasteiger partial charge on any atom is -0.488 e. The zero-order chi connectivity index (χ0) is 11.7. The van der Waals surface area contributed by atoms with Gasteiger partial charge in [-0.05, 0) is 12.1 Å². The van der Waals surface area contributed by atoms with Crippen LogP contribution < -0.4 is 4.74 Å². The van der Waals surface area contributed by atoms with Gasteiger partial charge in [0.05, 0.1) is 15.4 Å². The summed E-state index contributed by atoms with van der Waals surface area (Å²) in [6.45, 7) is 0. The van der Waals surface area contributed by atoms with Crippen molar-refractivity contribution in [1.29, 1.82) is 0 Å². The zero-order valence-electron chi connectivity index (χ0n) is 8.62. The fraction of sp³-hybridized carbons (Fsp3) is 0.455. The monoisotopic (exact) mass is 280 g/mol. The third kappa shape index (κ3) is 2.40. The summed E-state index contributed by atoms with van der Waals surface area (Å²) in [6.07, 6.45) is 0.709. The van der Waals surface area contributed by atoms with Gasteiger partial charge in [0.25, 0.3) is 0 Å². The van der Waals surface area contributed by atoms with E-state index in [0.717, 1.165) is 6.42 Å². The minimum absolute atomic E-state index is 0.00950. The van der Waals surface area contributed by atoms with E-state index in [0.29, 0.717) is 15.8 Å². The molecule has 0 radical (unpaired) electrons. The van der Waals surface area contributed by atoms with Crippen molar-refractivity contribution < 1.29 is 9.47 Å². The third-order valence-electron chi connectivity index (χ3n) is 2.63. The number of halogens is 3. The Bertz CT molecular complexity index is 383. The number of rotatable bonds is 3. The lowest BCUT2D eigenvalue weighted by atomic mass is 9.91. The maximum Gasteiger partial charge on any atom is 0.128 e. The molecule has 0 spiro atoms. The van der Waals surface area contributed by atoms with Crippen LogP contribution in [0.1, 0.15) is 6.42 Å². The second-order valence-electron chi connectivity index (χ2n) is 3.68. The largest absolute Gasteiger partial charge is 0.488 e. The van der Waals surface area contributed by atoms with Crippen LogP contribution in [0.15, 0.2) is 18.2 Å². The highest BCUT2D eigenvalue weighted by Crippen LogP contribution is 2.34. The Morgan fingerprint density at radius 1 is 1.25 bits per heavy atom. The quantitative estimate of drug-likeness (QED) is 0.785. The van der Waals surface area contributed by atoms with Crippen LogP contribution in [0, 0.1) is 0 Å². The van der Waals surface area contributed by atoms with Gasteiger partial charge < -0.3 is 9.47 Å². The van der Waals surface area contributed by atoms with E-state index in [9.17, 15) is 0 Å². The summed E-state index contributed by atoms with van der Waals surface area (Å²) >= 11 is 17.7. The second kappa shape index (κ2) is 5.01. The van der Waals surface area contributed by atoms with Gasteiger partial charge in [-0.2, -0.15) is 0 Å². The molecule has 0 amide bonds. The third-order valence-corrected chi connectivity index (χ3v) is 3.80. The summed E-state index contributed by atoms with van der Waals surface area (Å²) in [5.74, 6) is 0.685. The minimum atomic E-state index is -0.0591. The van der Waals surface area contributed by atoms with E-state index in [1.54, 1.807) is 25.3 Å². The van der Waals surface area contributed by atoms with Gasteiger partial charge in [0.1, 0.15) is 18.0 Å². The van der Waals surface area contributed by atoms with Gasteiger partial charge in [0.2, 0.25) is 0 Å². The van der Waals surface area contributed by atoms with E-state index >= 15 is 0 Å². The SMILES string of the molecule is COC1C(Cl)CC1Oc1ccc(Cl)c(Cl)c1. The topological polar surface area (TPSA) is 18.5 Å². The van der Waals surface area contributed by atoms with Crippen molar-refractivity contribution in [1.82, 2.24) is 0 Å². The molecule has 1 aromatic carbocycles. The predicted molar refractivity (Wildman–Crippen MR) is 65.9 cm³/mol. The second-order valence-corrected chi connectivity index (χ2v) is 5.06. The molecule has 0 aliphatic heterocycles. The molecule has 1 fully saturated rings. The van der Waals surface area contributed by atoms with E-state index in [-0.39, 0.29) is 17.6 Å². The summed E-state index contributed by atoms with van der Waals surface area (Å²) in [7, 11) is 1.63. The maximum atomic E-state index is 5.98. The standard InChI is InChI=1S/C11H11Cl3O2/c1-15-11-9(14)5-10(11)16-6-2-3-7(12)8(13)4-6/h2-4,9-11H,5H2,1H3. The van der Waals surface area contributed by atoms with Crippen LogP contribution in [0.2, 0.25) is 10.0 Å². The Kier molecular flexibility index (Phi) is 3.85. The molecule has 0 aromatic heterocycles. The molecule has 5 heteroatoms. The molecule has 0 N–H and O–H groups in total. The fourth-order valence-electron chi connectivity index (χ4n) is 1.67.